The number of benzene rings is 1. The number of thioether (sulfide) groups is 1. The van der Waals surface area contributed by atoms with Gasteiger partial charge in [-0.15, -0.1) is 0 Å². The van der Waals surface area contributed by atoms with E-state index in [1.165, 1.54) is 0 Å². The molecule has 0 aromatic heterocycles. The van der Waals surface area contributed by atoms with Gasteiger partial charge in [0.05, 0.1) is 17.9 Å². The maximum atomic E-state index is 9.28. The molecule has 1 aromatic rings. The summed E-state index contributed by atoms with van der Waals surface area (Å²) in [4.78, 5) is 6.55. The summed E-state index contributed by atoms with van der Waals surface area (Å²) in [5.74, 6) is 0. The number of amidine groups is 1. The molecule has 92 valence electrons. The fourth-order valence-electron chi connectivity index (χ4n) is 2.00. The molecule has 0 saturated heterocycles. The van der Waals surface area contributed by atoms with Gasteiger partial charge in [0.2, 0.25) is 0 Å². The van der Waals surface area contributed by atoms with Crippen molar-refractivity contribution in [3.05, 3.63) is 53.1 Å². The van der Waals surface area contributed by atoms with E-state index in [0.717, 1.165) is 29.5 Å². The van der Waals surface area contributed by atoms with Crippen molar-refractivity contribution < 1.29 is 5.21 Å². The van der Waals surface area contributed by atoms with Gasteiger partial charge in [0, 0.05) is 12.0 Å². The Labute approximate surface area is 110 Å². The fraction of sp³-hybridized carbons (Fsp3) is 0.154. The number of aliphatic imine (C=N–C) groups is 1. The van der Waals surface area contributed by atoms with Crippen molar-refractivity contribution in [3.63, 3.8) is 0 Å². The molecule has 0 fully saturated rings. The molecule has 4 nitrogen and oxygen atoms in total. The van der Waals surface area contributed by atoms with Gasteiger partial charge in [0.1, 0.15) is 0 Å². The number of rotatable bonds is 3. The van der Waals surface area contributed by atoms with Crippen molar-refractivity contribution in [2.45, 2.75) is 0 Å². The van der Waals surface area contributed by atoms with Gasteiger partial charge in [0.25, 0.3) is 0 Å². The molecule has 0 bridgehead atoms. The third-order valence-electron chi connectivity index (χ3n) is 2.90. The molecule has 0 amide bonds. The van der Waals surface area contributed by atoms with Gasteiger partial charge in [-0.2, -0.15) is 0 Å². The monoisotopic (exact) mass is 259 g/mol. The molecular formula is C13H13N3OS. The van der Waals surface area contributed by atoms with E-state index < -0.39 is 0 Å². The van der Waals surface area contributed by atoms with Crippen molar-refractivity contribution in [1.82, 2.24) is 10.4 Å². The summed E-state index contributed by atoms with van der Waals surface area (Å²) in [5, 5.41) is 12.4. The Morgan fingerprint density at radius 1 is 1.39 bits per heavy atom. The summed E-state index contributed by atoms with van der Waals surface area (Å²) in [6.07, 6.45) is 1.94. The Balaban J connectivity index is 1.89. The van der Waals surface area contributed by atoms with Gasteiger partial charge in [-0.05, 0) is 11.6 Å². The third kappa shape index (κ3) is 2.02. The molecule has 5 heteroatoms. The maximum Gasteiger partial charge on any atom is 0.168 e. The molecule has 0 atom stereocenters. The van der Waals surface area contributed by atoms with Crippen molar-refractivity contribution in [2.24, 2.45) is 4.99 Å². The zero-order valence-electron chi connectivity index (χ0n) is 9.71. The Morgan fingerprint density at radius 2 is 2.22 bits per heavy atom. The van der Waals surface area contributed by atoms with E-state index in [1.54, 1.807) is 11.8 Å². The summed E-state index contributed by atoms with van der Waals surface area (Å²) in [5.41, 5.74) is 4.98. The standard InChI is InChI=1S/C13H13N3OS/c17-15-12(10-4-2-1-3-5-10)8-11-9-18-13-14-6-7-16(11)13/h1-5,8-9,15,17H,6-7H2/b12-8+. The highest BCUT2D eigenvalue weighted by atomic mass is 32.2. The number of hydrogen-bond acceptors (Lipinski definition) is 5. The summed E-state index contributed by atoms with van der Waals surface area (Å²) >= 11 is 1.63. The third-order valence-corrected chi connectivity index (χ3v) is 3.82. The lowest BCUT2D eigenvalue weighted by Gasteiger charge is -2.15. The van der Waals surface area contributed by atoms with Crippen LogP contribution in [-0.2, 0) is 0 Å². The number of nitrogens with zero attached hydrogens (tertiary/aromatic N) is 2. The van der Waals surface area contributed by atoms with E-state index in [-0.39, 0.29) is 0 Å². The van der Waals surface area contributed by atoms with Crippen LogP contribution in [0, 0.1) is 0 Å². The summed E-state index contributed by atoms with van der Waals surface area (Å²) in [7, 11) is 0. The van der Waals surface area contributed by atoms with Gasteiger partial charge in [-0.3, -0.25) is 15.7 Å². The number of hydroxylamine groups is 1. The highest BCUT2D eigenvalue weighted by molar-refractivity contribution is 8.16. The first-order valence-corrected chi connectivity index (χ1v) is 6.62. The van der Waals surface area contributed by atoms with Crippen LogP contribution >= 0.6 is 11.8 Å². The first kappa shape index (κ1) is 11.4. The van der Waals surface area contributed by atoms with Crippen LogP contribution in [0.5, 0.6) is 0 Å². The highest BCUT2D eigenvalue weighted by Gasteiger charge is 2.25. The molecule has 0 spiro atoms. The normalized spacial score (nSPS) is 18.5. The van der Waals surface area contributed by atoms with Crippen molar-refractivity contribution in [3.8, 4) is 0 Å². The largest absolute Gasteiger partial charge is 0.318 e. The SMILES string of the molecule is ON/C(=C/C1=CSC2=NCCN12)c1ccccc1. The molecule has 18 heavy (non-hydrogen) atoms. The fourth-order valence-corrected chi connectivity index (χ4v) is 2.91. The van der Waals surface area contributed by atoms with Gasteiger partial charge in [-0.1, -0.05) is 42.1 Å². The lowest BCUT2D eigenvalue weighted by Crippen LogP contribution is -2.20. The van der Waals surface area contributed by atoms with Crippen molar-refractivity contribution >= 4 is 22.6 Å². The van der Waals surface area contributed by atoms with Crippen LogP contribution in [-0.4, -0.2) is 28.4 Å². The van der Waals surface area contributed by atoms with Crippen LogP contribution in [0.3, 0.4) is 0 Å². The van der Waals surface area contributed by atoms with E-state index in [0.29, 0.717) is 5.70 Å². The number of fused-ring (bicyclic) bond motifs is 1. The first-order chi connectivity index (χ1) is 8.88. The molecule has 0 saturated carbocycles. The second-order valence-corrected chi connectivity index (χ2v) is 4.85. The Kier molecular flexibility index (Phi) is 3.08. The number of hydrogen-bond donors (Lipinski definition) is 2. The zero-order valence-corrected chi connectivity index (χ0v) is 10.5. The molecule has 0 aliphatic carbocycles. The predicted octanol–water partition coefficient (Wildman–Crippen LogP) is 2.27. The van der Waals surface area contributed by atoms with Crippen LogP contribution in [0.15, 0.2) is 52.5 Å². The average molecular weight is 259 g/mol. The molecule has 2 aliphatic heterocycles. The minimum absolute atomic E-state index is 0.690. The summed E-state index contributed by atoms with van der Waals surface area (Å²) < 4.78 is 0. The summed E-state index contributed by atoms with van der Waals surface area (Å²) in [6, 6.07) is 9.75. The number of allylic oxidation sites excluding steroid dienone is 1. The minimum atomic E-state index is 0.690. The minimum Gasteiger partial charge on any atom is -0.318 e. The molecule has 1 aromatic carbocycles. The van der Waals surface area contributed by atoms with Gasteiger partial charge in [-0.25, -0.2) is 0 Å². The predicted molar refractivity (Wildman–Crippen MR) is 74.0 cm³/mol. The van der Waals surface area contributed by atoms with Gasteiger partial charge < -0.3 is 4.90 Å². The second-order valence-electron chi connectivity index (χ2n) is 4.01. The van der Waals surface area contributed by atoms with Crippen molar-refractivity contribution in [1.29, 1.82) is 0 Å². The smallest absolute Gasteiger partial charge is 0.168 e. The molecule has 2 aliphatic rings. The lowest BCUT2D eigenvalue weighted by atomic mass is 10.1. The van der Waals surface area contributed by atoms with Crippen LogP contribution in [0.1, 0.15) is 5.56 Å². The highest BCUT2D eigenvalue weighted by Crippen LogP contribution is 2.31. The van der Waals surface area contributed by atoms with Gasteiger partial charge >= 0.3 is 0 Å². The molecule has 2 heterocycles. The Morgan fingerprint density at radius 3 is 3.00 bits per heavy atom. The van der Waals surface area contributed by atoms with E-state index in [1.807, 2.05) is 36.4 Å². The quantitative estimate of drug-likeness (QED) is 0.818. The van der Waals surface area contributed by atoms with E-state index in [9.17, 15) is 5.21 Å². The van der Waals surface area contributed by atoms with Crippen LogP contribution < -0.4 is 5.48 Å². The van der Waals surface area contributed by atoms with Gasteiger partial charge in [0.15, 0.2) is 5.17 Å². The molecule has 0 unspecified atom stereocenters. The molecular weight excluding hydrogens is 246 g/mol. The van der Waals surface area contributed by atoms with Crippen LogP contribution in [0.2, 0.25) is 0 Å². The average Bonchev–Trinajstić information content (AvgIpc) is 3.01. The summed E-state index contributed by atoms with van der Waals surface area (Å²) in [6.45, 7) is 1.76. The number of nitrogens with one attached hydrogen (secondary N) is 1. The maximum absolute atomic E-state index is 9.28. The molecule has 3 rings (SSSR count). The molecule has 2 N–H and O–H groups in total. The first-order valence-electron chi connectivity index (χ1n) is 5.74. The Hall–Kier alpha value is -1.72. The van der Waals surface area contributed by atoms with E-state index in [4.69, 9.17) is 0 Å². The Bertz CT molecular complexity index is 536. The molecule has 0 radical (unpaired) electrons. The van der Waals surface area contributed by atoms with Crippen LogP contribution in [0.4, 0.5) is 0 Å². The topological polar surface area (TPSA) is 47.9 Å². The van der Waals surface area contributed by atoms with E-state index >= 15 is 0 Å². The van der Waals surface area contributed by atoms with Crippen molar-refractivity contribution in [2.75, 3.05) is 13.1 Å². The zero-order chi connectivity index (χ0) is 12.4. The second kappa shape index (κ2) is 4.88. The lowest BCUT2D eigenvalue weighted by molar-refractivity contribution is 0.224. The van der Waals surface area contributed by atoms with Crippen LogP contribution in [0.25, 0.3) is 5.70 Å². The van der Waals surface area contributed by atoms with E-state index in [2.05, 4.69) is 20.8 Å².